The van der Waals surface area contributed by atoms with Crippen LogP contribution in [0, 0.1) is 0 Å². The molecule has 1 aromatic carbocycles. The second-order valence-corrected chi connectivity index (χ2v) is 6.03. The summed E-state index contributed by atoms with van der Waals surface area (Å²) in [7, 11) is 1.55. The average molecular weight is 382 g/mol. The van der Waals surface area contributed by atoms with Crippen LogP contribution < -0.4 is 10.1 Å². The zero-order valence-electron chi connectivity index (χ0n) is 14.5. The maximum Gasteiger partial charge on any atom is 0.251 e. The van der Waals surface area contributed by atoms with Gasteiger partial charge in [-0.05, 0) is 36.4 Å². The van der Waals surface area contributed by atoms with E-state index in [4.69, 9.17) is 16.3 Å². The molecule has 1 N–H and O–H groups in total. The fourth-order valence-corrected chi connectivity index (χ4v) is 2.55. The molecule has 0 spiro atoms. The van der Waals surface area contributed by atoms with Gasteiger partial charge in [0.15, 0.2) is 5.78 Å². The van der Waals surface area contributed by atoms with E-state index in [2.05, 4.69) is 15.3 Å². The van der Waals surface area contributed by atoms with Gasteiger partial charge in [0.25, 0.3) is 5.91 Å². The average Bonchev–Trinajstić information content (AvgIpc) is 2.70. The molecule has 6 nitrogen and oxygen atoms in total. The van der Waals surface area contributed by atoms with Crippen molar-refractivity contribution in [3.63, 3.8) is 0 Å². The first-order valence-electron chi connectivity index (χ1n) is 8.15. The minimum absolute atomic E-state index is 0.0442. The fraction of sp³-hybridized carbons (Fsp3) is 0.100. The molecule has 0 aliphatic rings. The summed E-state index contributed by atoms with van der Waals surface area (Å²) in [5.74, 6) is 0.542. The van der Waals surface area contributed by atoms with Crippen molar-refractivity contribution >= 4 is 23.3 Å². The van der Waals surface area contributed by atoms with Gasteiger partial charge in [-0.15, -0.1) is 0 Å². The van der Waals surface area contributed by atoms with Gasteiger partial charge in [0.05, 0.1) is 17.6 Å². The van der Waals surface area contributed by atoms with Crippen LogP contribution in [0.2, 0.25) is 5.02 Å². The maximum atomic E-state index is 12.4. The highest BCUT2D eigenvalue weighted by Gasteiger charge is 2.12. The molecule has 0 unspecified atom stereocenters. The van der Waals surface area contributed by atoms with Crippen LogP contribution in [0.5, 0.6) is 11.5 Å². The lowest BCUT2D eigenvalue weighted by molar-refractivity contribution is 0.0958. The molecule has 27 heavy (non-hydrogen) atoms. The van der Waals surface area contributed by atoms with Crippen molar-refractivity contribution < 1.29 is 14.3 Å². The molecule has 0 aliphatic carbocycles. The Hall–Kier alpha value is -3.25. The number of hydrogen-bond acceptors (Lipinski definition) is 5. The molecule has 2 heterocycles. The third-order valence-electron chi connectivity index (χ3n) is 3.73. The summed E-state index contributed by atoms with van der Waals surface area (Å²) in [6, 6.07) is 13.5. The number of aromatic nitrogens is 2. The van der Waals surface area contributed by atoms with Gasteiger partial charge in [0, 0.05) is 24.5 Å². The predicted molar refractivity (Wildman–Crippen MR) is 101 cm³/mol. The number of para-hydroxylation sites is 1. The molecule has 0 aliphatic heterocycles. The Morgan fingerprint density at radius 3 is 2.63 bits per heavy atom. The van der Waals surface area contributed by atoms with Gasteiger partial charge in [0.1, 0.15) is 17.2 Å². The van der Waals surface area contributed by atoms with Gasteiger partial charge in [-0.3, -0.25) is 14.6 Å². The van der Waals surface area contributed by atoms with Gasteiger partial charge >= 0.3 is 0 Å². The number of ether oxygens (including phenoxy) is 1. The number of ketones is 1. The van der Waals surface area contributed by atoms with Gasteiger partial charge in [-0.1, -0.05) is 23.7 Å². The third-order valence-corrected chi connectivity index (χ3v) is 4.05. The molecule has 2 aromatic heterocycles. The van der Waals surface area contributed by atoms with Gasteiger partial charge in [0.2, 0.25) is 0 Å². The first kappa shape index (κ1) is 18.5. The van der Waals surface area contributed by atoms with Crippen LogP contribution in [0.1, 0.15) is 26.5 Å². The highest BCUT2D eigenvalue weighted by Crippen LogP contribution is 2.28. The summed E-state index contributed by atoms with van der Waals surface area (Å²) in [5, 5.41) is 3.02. The van der Waals surface area contributed by atoms with E-state index in [0.29, 0.717) is 27.8 Å². The molecule has 7 heteroatoms. The fourth-order valence-electron chi connectivity index (χ4n) is 2.38. The number of pyridine rings is 2. The summed E-state index contributed by atoms with van der Waals surface area (Å²) in [6.45, 7) is 0. The number of carbonyl (C=O) groups excluding carboxylic acids is 2. The second-order valence-electron chi connectivity index (χ2n) is 5.63. The highest BCUT2D eigenvalue weighted by molar-refractivity contribution is 6.32. The number of benzene rings is 1. The van der Waals surface area contributed by atoms with Crippen molar-refractivity contribution in [2.75, 3.05) is 7.05 Å². The van der Waals surface area contributed by atoms with E-state index in [-0.39, 0.29) is 23.8 Å². The topological polar surface area (TPSA) is 81.2 Å². The molecule has 0 atom stereocenters. The van der Waals surface area contributed by atoms with Crippen LogP contribution in [0.3, 0.4) is 0 Å². The molecule has 0 saturated heterocycles. The molecule has 136 valence electrons. The molecule has 0 fully saturated rings. The van der Waals surface area contributed by atoms with Crippen molar-refractivity contribution in [1.29, 1.82) is 0 Å². The third kappa shape index (κ3) is 4.68. The maximum absolute atomic E-state index is 12.4. The number of Topliss-reactive ketones (excluding diaryl/α,β-unsaturated/α-hetero) is 1. The minimum Gasteiger partial charge on any atom is -0.454 e. The van der Waals surface area contributed by atoms with E-state index >= 15 is 0 Å². The molecule has 0 radical (unpaired) electrons. The van der Waals surface area contributed by atoms with Crippen LogP contribution in [0.4, 0.5) is 0 Å². The second kappa shape index (κ2) is 8.42. The van der Waals surface area contributed by atoms with Crippen molar-refractivity contribution in [3.05, 3.63) is 82.9 Å². The number of rotatable bonds is 6. The Balaban J connectivity index is 1.69. The standard InChI is InChI=1S/C20H16ClN3O3/c1-22-20(26)13-8-9-23-14(10-13)11-18(25)17-7-6-15(12-24-17)27-19-5-3-2-4-16(19)21/h2-10,12H,11H2,1H3,(H,22,26). The first-order valence-corrected chi connectivity index (χ1v) is 8.53. The van der Waals surface area contributed by atoms with E-state index < -0.39 is 0 Å². The van der Waals surface area contributed by atoms with E-state index in [1.807, 2.05) is 12.1 Å². The van der Waals surface area contributed by atoms with Crippen LogP contribution in [-0.2, 0) is 6.42 Å². The Morgan fingerprint density at radius 2 is 1.93 bits per heavy atom. The Morgan fingerprint density at radius 1 is 1.11 bits per heavy atom. The number of amides is 1. The summed E-state index contributed by atoms with van der Waals surface area (Å²) >= 11 is 6.06. The van der Waals surface area contributed by atoms with Gasteiger partial charge in [-0.2, -0.15) is 0 Å². The molecule has 0 saturated carbocycles. The quantitative estimate of drug-likeness (QED) is 0.658. The number of hydrogen-bond donors (Lipinski definition) is 1. The summed E-state index contributed by atoms with van der Waals surface area (Å²) in [5.41, 5.74) is 1.24. The summed E-state index contributed by atoms with van der Waals surface area (Å²) in [4.78, 5) is 32.4. The lowest BCUT2D eigenvalue weighted by Crippen LogP contribution is -2.18. The number of nitrogens with zero attached hydrogens (tertiary/aromatic N) is 2. The summed E-state index contributed by atoms with van der Waals surface area (Å²) in [6.07, 6.45) is 3.01. The Labute approximate surface area is 161 Å². The monoisotopic (exact) mass is 381 g/mol. The van der Waals surface area contributed by atoms with E-state index in [1.165, 1.54) is 12.4 Å². The molecular weight excluding hydrogens is 366 g/mol. The smallest absolute Gasteiger partial charge is 0.251 e. The van der Waals surface area contributed by atoms with Crippen molar-refractivity contribution in [2.45, 2.75) is 6.42 Å². The number of halogens is 1. The summed E-state index contributed by atoms with van der Waals surface area (Å²) < 4.78 is 5.65. The highest BCUT2D eigenvalue weighted by atomic mass is 35.5. The molecular formula is C20H16ClN3O3. The molecule has 3 rings (SSSR count). The van der Waals surface area contributed by atoms with Crippen LogP contribution >= 0.6 is 11.6 Å². The van der Waals surface area contributed by atoms with Crippen molar-refractivity contribution in [2.24, 2.45) is 0 Å². The Kier molecular flexibility index (Phi) is 5.78. The molecule has 0 bridgehead atoms. The lowest BCUT2D eigenvalue weighted by Gasteiger charge is -2.07. The van der Waals surface area contributed by atoms with E-state index in [9.17, 15) is 9.59 Å². The normalized spacial score (nSPS) is 10.3. The minimum atomic E-state index is -0.231. The van der Waals surface area contributed by atoms with E-state index in [0.717, 1.165) is 0 Å². The first-order chi connectivity index (χ1) is 13.1. The van der Waals surface area contributed by atoms with Gasteiger partial charge in [-0.25, -0.2) is 4.98 Å². The van der Waals surface area contributed by atoms with Gasteiger partial charge < -0.3 is 10.1 Å². The van der Waals surface area contributed by atoms with Crippen molar-refractivity contribution in [1.82, 2.24) is 15.3 Å². The van der Waals surface area contributed by atoms with E-state index in [1.54, 1.807) is 43.4 Å². The largest absolute Gasteiger partial charge is 0.454 e. The number of nitrogens with one attached hydrogen (secondary N) is 1. The molecule has 3 aromatic rings. The molecule has 1 amide bonds. The zero-order chi connectivity index (χ0) is 19.2. The lowest BCUT2D eigenvalue weighted by atomic mass is 10.1. The SMILES string of the molecule is CNC(=O)c1ccnc(CC(=O)c2ccc(Oc3ccccc3Cl)cn2)c1. The number of carbonyl (C=O) groups is 2. The predicted octanol–water partition coefficient (Wildman–Crippen LogP) is 3.71. The van der Waals surface area contributed by atoms with Crippen LogP contribution in [0.15, 0.2) is 60.9 Å². The Bertz CT molecular complexity index is 974. The van der Waals surface area contributed by atoms with Crippen LogP contribution in [0.25, 0.3) is 0 Å². The van der Waals surface area contributed by atoms with Crippen LogP contribution in [-0.4, -0.2) is 28.7 Å². The zero-order valence-corrected chi connectivity index (χ0v) is 15.2. The van der Waals surface area contributed by atoms with Crippen molar-refractivity contribution in [3.8, 4) is 11.5 Å².